The summed E-state index contributed by atoms with van der Waals surface area (Å²) >= 11 is 0. The van der Waals surface area contributed by atoms with Crippen LogP contribution in [0, 0.1) is 0 Å². The van der Waals surface area contributed by atoms with Gasteiger partial charge in [-0.15, -0.1) is 0 Å². The molecule has 0 aromatic heterocycles. The molecule has 0 bridgehead atoms. The van der Waals surface area contributed by atoms with Gasteiger partial charge in [-0.2, -0.15) is 17.4 Å². The fourth-order valence-electron chi connectivity index (χ4n) is 2.00. The highest BCUT2D eigenvalue weighted by Crippen LogP contribution is 2.14. The van der Waals surface area contributed by atoms with Crippen LogP contribution in [0.25, 0.3) is 0 Å². The smallest absolute Gasteiger partial charge is 0.280 e. The van der Waals surface area contributed by atoms with Crippen LogP contribution in [-0.4, -0.2) is 37.5 Å². The van der Waals surface area contributed by atoms with Crippen molar-refractivity contribution in [2.45, 2.75) is 32.7 Å². The molecule has 1 aromatic rings. The minimum atomic E-state index is -3.58. The zero-order chi connectivity index (χ0) is 15.0. The Morgan fingerprint density at radius 2 is 1.70 bits per heavy atom. The second kappa shape index (κ2) is 8.36. The molecule has 0 aliphatic rings. The number of aliphatic hydroxyl groups excluding tert-OH is 1. The molecule has 1 rings (SSSR count). The fraction of sp³-hybridized carbons (Fsp3) is 0.571. The van der Waals surface area contributed by atoms with Crippen LogP contribution in [0.15, 0.2) is 30.3 Å². The van der Waals surface area contributed by atoms with Crippen LogP contribution >= 0.6 is 0 Å². The third kappa shape index (κ3) is 4.86. The highest BCUT2D eigenvalue weighted by Gasteiger charge is 2.24. The Hall–Kier alpha value is -0.950. The maximum Gasteiger partial charge on any atom is 0.280 e. The summed E-state index contributed by atoms with van der Waals surface area (Å²) in [6.07, 6.45) is 1.52. The van der Waals surface area contributed by atoms with E-state index in [1.54, 1.807) is 12.1 Å². The average molecular weight is 300 g/mol. The first-order chi connectivity index (χ1) is 9.55. The summed E-state index contributed by atoms with van der Waals surface area (Å²) in [5.74, 6) is 0. The van der Waals surface area contributed by atoms with E-state index in [1.807, 2.05) is 32.0 Å². The molecular formula is C14H24N2O3S. The van der Waals surface area contributed by atoms with Crippen molar-refractivity contribution in [2.75, 3.05) is 19.7 Å². The zero-order valence-electron chi connectivity index (χ0n) is 12.1. The van der Waals surface area contributed by atoms with E-state index >= 15 is 0 Å². The largest absolute Gasteiger partial charge is 0.394 e. The van der Waals surface area contributed by atoms with Crippen LogP contribution in [0.4, 0.5) is 0 Å². The van der Waals surface area contributed by atoms with Crippen molar-refractivity contribution >= 4 is 10.2 Å². The lowest BCUT2D eigenvalue weighted by molar-refractivity contribution is 0.255. The van der Waals surface area contributed by atoms with Gasteiger partial charge in [0.05, 0.1) is 12.6 Å². The summed E-state index contributed by atoms with van der Waals surface area (Å²) in [7, 11) is -3.58. The number of hydrogen-bond acceptors (Lipinski definition) is 3. The molecule has 0 spiro atoms. The molecule has 1 unspecified atom stereocenters. The molecule has 2 N–H and O–H groups in total. The summed E-state index contributed by atoms with van der Waals surface area (Å²) in [6, 6.07) is 8.48. The molecule has 0 radical (unpaired) electrons. The molecule has 114 valence electrons. The minimum absolute atomic E-state index is 0.269. The van der Waals surface area contributed by atoms with E-state index in [0.717, 1.165) is 18.4 Å². The highest BCUT2D eigenvalue weighted by atomic mass is 32.2. The molecule has 0 aliphatic carbocycles. The van der Waals surface area contributed by atoms with Gasteiger partial charge in [0.15, 0.2) is 0 Å². The van der Waals surface area contributed by atoms with E-state index in [-0.39, 0.29) is 6.61 Å². The van der Waals surface area contributed by atoms with E-state index in [9.17, 15) is 13.5 Å². The van der Waals surface area contributed by atoms with E-state index < -0.39 is 16.3 Å². The molecule has 0 amide bonds. The van der Waals surface area contributed by atoms with Gasteiger partial charge in [-0.3, -0.25) is 0 Å². The Morgan fingerprint density at radius 1 is 1.15 bits per heavy atom. The monoisotopic (exact) mass is 300 g/mol. The third-order valence-electron chi connectivity index (χ3n) is 2.96. The van der Waals surface area contributed by atoms with Gasteiger partial charge in [-0.05, 0) is 18.4 Å². The zero-order valence-corrected chi connectivity index (χ0v) is 12.9. The molecule has 6 heteroatoms. The van der Waals surface area contributed by atoms with Crippen LogP contribution in [0.2, 0.25) is 0 Å². The predicted molar refractivity (Wildman–Crippen MR) is 80.5 cm³/mol. The molecule has 1 aromatic carbocycles. The molecule has 0 fully saturated rings. The minimum Gasteiger partial charge on any atom is -0.394 e. The van der Waals surface area contributed by atoms with Gasteiger partial charge in [0.1, 0.15) is 0 Å². The summed E-state index contributed by atoms with van der Waals surface area (Å²) < 4.78 is 28.7. The fourth-order valence-corrected chi connectivity index (χ4v) is 3.57. The number of benzene rings is 1. The first kappa shape index (κ1) is 17.1. The van der Waals surface area contributed by atoms with E-state index in [2.05, 4.69) is 4.72 Å². The van der Waals surface area contributed by atoms with Crippen LogP contribution < -0.4 is 4.72 Å². The lowest BCUT2D eigenvalue weighted by Crippen LogP contribution is -2.43. The molecular weight excluding hydrogens is 276 g/mol. The van der Waals surface area contributed by atoms with Gasteiger partial charge in [0, 0.05) is 13.1 Å². The summed E-state index contributed by atoms with van der Waals surface area (Å²) in [4.78, 5) is 0. The van der Waals surface area contributed by atoms with Crippen molar-refractivity contribution < 1.29 is 13.5 Å². The van der Waals surface area contributed by atoms with Gasteiger partial charge in [-0.1, -0.05) is 44.2 Å². The van der Waals surface area contributed by atoms with Crippen molar-refractivity contribution in [1.82, 2.24) is 9.03 Å². The predicted octanol–water partition coefficient (Wildman–Crippen LogP) is 1.68. The molecule has 20 heavy (non-hydrogen) atoms. The molecule has 1 atom stereocenters. The topological polar surface area (TPSA) is 69.6 Å². The van der Waals surface area contributed by atoms with Crippen LogP contribution in [-0.2, 0) is 10.2 Å². The molecule has 0 heterocycles. The van der Waals surface area contributed by atoms with Crippen molar-refractivity contribution in [3.05, 3.63) is 35.9 Å². The lowest BCUT2D eigenvalue weighted by Gasteiger charge is -2.25. The second-order valence-electron chi connectivity index (χ2n) is 4.67. The Bertz CT molecular complexity index is 470. The first-order valence-corrected chi connectivity index (χ1v) is 8.42. The number of nitrogens with zero attached hydrogens (tertiary/aromatic N) is 1. The van der Waals surface area contributed by atoms with Crippen molar-refractivity contribution in [3.8, 4) is 0 Å². The second-order valence-corrected chi connectivity index (χ2v) is 6.37. The van der Waals surface area contributed by atoms with Crippen molar-refractivity contribution in [3.63, 3.8) is 0 Å². The summed E-state index contributed by atoms with van der Waals surface area (Å²) in [5.41, 5.74) is 0.756. The van der Waals surface area contributed by atoms with E-state index in [4.69, 9.17) is 0 Å². The number of hydrogen-bond donors (Lipinski definition) is 2. The first-order valence-electron chi connectivity index (χ1n) is 6.98. The maximum absolute atomic E-state index is 12.4. The van der Waals surface area contributed by atoms with E-state index in [1.165, 1.54) is 4.31 Å². The van der Waals surface area contributed by atoms with Crippen molar-refractivity contribution in [2.24, 2.45) is 0 Å². The van der Waals surface area contributed by atoms with Crippen LogP contribution in [0.5, 0.6) is 0 Å². The van der Waals surface area contributed by atoms with Gasteiger partial charge >= 0.3 is 0 Å². The normalized spacial score (nSPS) is 13.6. The average Bonchev–Trinajstić information content (AvgIpc) is 2.45. The van der Waals surface area contributed by atoms with Gasteiger partial charge in [-0.25, -0.2) is 0 Å². The Balaban J connectivity index is 2.86. The molecule has 0 aliphatic heterocycles. The van der Waals surface area contributed by atoms with E-state index in [0.29, 0.717) is 13.1 Å². The number of aliphatic hydroxyl groups is 1. The highest BCUT2D eigenvalue weighted by molar-refractivity contribution is 7.87. The Labute approximate surface area is 121 Å². The summed E-state index contributed by atoms with van der Waals surface area (Å²) in [5, 5.41) is 9.44. The Morgan fingerprint density at radius 3 is 2.15 bits per heavy atom. The molecule has 5 nitrogen and oxygen atoms in total. The molecule has 0 saturated carbocycles. The van der Waals surface area contributed by atoms with Crippen LogP contribution in [0.1, 0.15) is 38.3 Å². The van der Waals surface area contributed by atoms with Crippen LogP contribution in [0.3, 0.4) is 0 Å². The summed E-state index contributed by atoms with van der Waals surface area (Å²) in [6.45, 7) is 4.58. The third-order valence-corrected chi connectivity index (χ3v) is 4.59. The quantitative estimate of drug-likeness (QED) is 0.729. The van der Waals surface area contributed by atoms with Gasteiger partial charge in [0.2, 0.25) is 0 Å². The van der Waals surface area contributed by atoms with Gasteiger partial charge < -0.3 is 5.11 Å². The standard InChI is InChI=1S/C14H24N2O3S/c1-3-10-16(11-4-2)20(18,19)15-14(12-17)13-8-6-5-7-9-13/h5-9,14-15,17H,3-4,10-12H2,1-2H3. The maximum atomic E-state index is 12.4. The Kier molecular flexibility index (Phi) is 7.15. The number of nitrogens with one attached hydrogen (secondary N) is 1. The SMILES string of the molecule is CCCN(CCC)S(=O)(=O)NC(CO)c1ccccc1. The van der Waals surface area contributed by atoms with Crippen molar-refractivity contribution in [1.29, 1.82) is 0 Å². The molecule has 0 saturated heterocycles. The van der Waals surface area contributed by atoms with Gasteiger partial charge in [0.25, 0.3) is 10.2 Å². The lowest BCUT2D eigenvalue weighted by atomic mass is 10.1. The number of rotatable bonds is 9.